The molecule has 2 aromatic rings. The number of methoxy groups -OCH3 is 1. The average molecular weight is 334 g/mol. The first-order valence-corrected chi connectivity index (χ1v) is 7.89. The van der Waals surface area contributed by atoms with Crippen LogP contribution < -0.4 is 21.1 Å². The first kappa shape index (κ1) is 17.0. The summed E-state index contributed by atoms with van der Waals surface area (Å²) >= 11 is 4.64. The number of alkyl halides is 1. The van der Waals surface area contributed by atoms with Crippen LogP contribution in [0.15, 0.2) is 42.5 Å². The van der Waals surface area contributed by atoms with Gasteiger partial charge in [0, 0.05) is 12.9 Å². The van der Waals surface area contributed by atoms with Gasteiger partial charge in [-0.05, 0) is 29.8 Å². The second-order valence-electron chi connectivity index (χ2n) is 4.95. The molecule has 1 aliphatic rings. The van der Waals surface area contributed by atoms with Gasteiger partial charge in [0.1, 0.15) is 5.75 Å². The molecular weight excluding hydrogens is 314 g/mol. The Balaban J connectivity index is 0.000000924. The second kappa shape index (κ2) is 7.74. The van der Waals surface area contributed by atoms with Crippen LogP contribution in [0.2, 0.25) is 0 Å². The number of nitrogen functional groups attached to an aromatic ring is 1. The number of ether oxygens (including phenoxy) is 1. The van der Waals surface area contributed by atoms with Gasteiger partial charge in [-0.1, -0.05) is 18.2 Å². The van der Waals surface area contributed by atoms with Gasteiger partial charge in [-0.2, -0.15) is 0 Å². The SMILES string of the molecule is CCl.COc1ccc(C2CNC(=O)c3cccc(N)c3N2)cc1. The van der Waals surface area contributed by atoms with Gasteiger partial charge in [0.2, 0.25) is 0 Å². The fourth-order valence-corrected chi connectivity index (χ4v) is 2.47. The Hall–Kier alpha value is -2.40. The molecule has 0 bridgehead atoms. The number of hydrogen-bond donors (Lipinski definition) is 3. The molecule has 1 atom stereocenters. The molecule has 23 heavy (non-hydrogen) atoms. The summed E-state index contributed by atoms with van der Waals surface area (Å²) in [5, 5.41) is 6.28. The highest BCUT2D eigenvalue weighted by Crippen LogP contribution is 2.30. The largest absolute Gasteiger partial charge is 0.497 e. The molecule has 2 aromatic carbocycles. The Morgan fingerprint density at radius 3 is 2.52 bits per heavy atom. The Kier molecular flexibility index (Phi) is 5.71. The molecule has 1 aliphatic heterocycles. The predicted octanol–water partition coefficient (Wildman–Crippen LogP) is 3.03. The van der Waals surface area contributed by atoms with Crippen LogP contribution in [0.1, 0.15) is 22.0 Å². The summed E-state index contributed by atoms with van der Waals surface area (Å²) in [6, 6.07) is 13.1. The van der Waals surface area contributed by atoms with Crippen LogP contribution in [0.3, 0.4) is 0 Å². The van der Waals surface area contributed by atoms with Crippen LogP contribution in [-0.4, -0.2) is 25.9 Å². The van der Waals surface area contributed by atoms with E-state index in [0.29, 0.717) is 23.5 Å². The number of nitrogens with one attached hydrogen (secondary N) is 2. The van der Waals surface area contributed by atoms with Crippen LogP contribution in [-0.2, 0) is 0 Å². The number of para-hydroxylation sites is 1. The average Bonchev–Trinajstić information content (AvgIpc) is 2.77. The molecule has 6 heteroatoms. The van der Waals surface area contributed by atoms with E-state index >= 15 is 0 Å². The topological polar surface area (TPSA) is 76.4 Å². The third-order valence-electron chi connectivity index (χ3n) is 3.64. The predicted molar refractivity (Wildman–Crippen MR) is 94.3 cm³/mol. The highest BCUT2D eigenvalue weighted by Gasteiger charge is 2.23. The molecule has 0 saturated heterocycles. The number of fused-ring (bicyclic) bond motifs is 1. The van der Waals surface area contributed by atoms with Crippen molar-refractivity contribution in [2.24, 2.45) is 0 Å². The minimum Gasteiger partial charge on any atom is -0.497 e. The zero-order chi connectivity index (χ0) is 16.8. The monoisotopic (exact) mass is 333 g/mol. The lowest BCUT2D eigenvalue weighted by molar-refractivity contribution is 0.0955. The highest BCUT2D eigenvalue weighted by molar-refractivity contribution is 6.15. The van der Waals surface area contributed by atoms with E-state index in [1.807, 2.05) is 24.3 Å². The van der Waals surface area contributed by atoms with Crippen molar-refractivity contribution >= 4 is 28.9 Å². The molecule has 1 amide bonds. The van der Waals surface area contributed by atoms with E-state index in [4.69, 9.17) is 10.5 Å². The van der Waals surface area contributed by atoms with E-state index in [2.05, 4.69) is 22.2 Å². The highest BCUT2D eigenvalue weighted by atomic mass is 35.5. The molecule has 4 N–H and O–H groups in total. The van der Waals surface area contributed by atoms with Crippen molar-refractivity contribution in [2.75, 3.05) is 31.1 Å². The van der Waals surface area contributed by atoms with Gasteiger partial charge in [0.25, 0.3) is 5.91 Å². The first-order valence-electron chi connectivity index (χ1n) is 7.14. The smallest absolute Gasteiger partial charge is 0.253 e. The van der Waals surface area contributed by atoms with Crippen molar-refractivity contribution in [3.63, 3.8) is 0 Å². The number of amides is 1. The van der Waals surface area contributed by atoms with Crippen LogP contribution in [0.5, 0.6) is 5.75 Å². The van der Waals surface area contributed by atoms with Gasteiger partial charge in [-0.15, -0.1) is 11.6 Å². The van der Waals surface area contributed by atoms with Gasteiger partial charge < -0.3 is 21.1 Å². The third kappa shape index (κ3) is 3.68. The second-order valence-corrected chi connectivity index (χ2v) is 4.95. The van der Waals surface area contributed by atoms with Crippen molar-refractivity contribution in [2.45, 2.75) is 6.04 Å². The maximum atomic E-state index is 12.1. The number of nitrogens with two attached hydrogens (primary N) is 1. The van der Waals surface area contributed by atoms with E-state index in [9.17, 15) is 4.79 Å². The summed E-state index contributed by atoms with van der Waals surface area (Å²) in [6.45, 7) is 0.499. The lowest BCUT2D eigenvalue weighted by Crippen LogP contribution is -2.27. The molecular formula is C17H20ClN3O2. The van der Waals surface area contributed by atoms with E-state index in [1.54, 1.807) is 25.3 Å². The summed E-state index contributed by atoms with van der Waals surface area (Å²) in [5.74, 6) is 0.692. The molecule has 5 nitrogen and oxygen atoms in total. The Morgan fingerprint density at radius 2 is 1.87 bits per heavy atom. The Bertz CT molecular complexity index is 674. The first-order chi connectivity index (χ1) is 11.2. The quantitative estimate of drug-likeness (QED) is 0.583. The molecule has 3 rings (SSSR count). The minimum absolute atomic E-state index is 0.0363. The van der Waals surface area contributed by atoms with Crippen LogP contribution >= 0.6 is 11.6 Å². The summed E-state index contributed by atoms with van der Waals surface area (Å²) in [5.41, 5.74) is 8.89. The van der Waals surface area contributed by atoms with Crippen LogP contribution in [0, 0.1) is 0 Å². The van der Waals surface area contributed by atoms with E-state index in [1.165, 1.54) is 6.38 Å². The van der Waals surface area contributed by atoms with Gasteiger partial charge >= 0.3 is 0 Å². The third-order valence-corrected chi connectivity index (χ3v) is 3.64. The number of benzene rings is 2. The maximum Gasteiger partial charge on any atom is 0.253 e. The van der Waals surface area contributed by atoms with Gasteiger partial charge in [-0.3, -0.25) is 4.79 Å². The number of halogens is 1. The Morgan fingerprint density at radius 1 is 1.17 bits per heavy atom. The van der Waals surface area contributed by atoms with Crippen LogP contribution in [0.4, 0.5) is 11.4 Å². The molecule has 0 fully saturated rings. The van der Waals surface area contributed by atoms with Gasteiger partial charge in [0.15, 0.2) is 0 Å². The number of rotatable bonds is 2. The zero-order valence-corrected chi connectivity index (χ0v) is 13.9. The van der Waals surface area contributed by atoms with E-state index in [0.717, 1.165) is 11.3 Å². The molecule has 0 saturated carbocycles. The number of hydrogen-bond acceptors (Lipinski definition) is 4. The molecule has 122 valence electrons. The molecule has 0 spiro atoms. The molecule has 0 aliphatic carbocycles. The fourth-order valence-electron chi connectivity index (χ4n) is 2.47. The van der Waals surface area contributed by atoms with Crippen molar-refractivity contribution in [1.82, 2.24) is 5.32 Å². The zero-order valence-electron chi connectivity index (χ0n) is 13.1. The summed E-state index contributed by atoms with van der Waals surface area (Å²) < 4.78 is 5.16. The number of carbonyl (C=O) groups excluding carboxylic acids is 1. The normalized spacial score (nSPS) is 16.0. The van der Waals surface area contributed by atoms with Crippen LogP contribution in [0.25, 0.3) is 0 Å². The fraction of sp³-hybridized carbons (Fsp3) is 0.235. The summed E-state index contributed by atoms with van der Waals surface area (Å²) in [7, 11) is 1.63. The molecule has 1 heterocycles. The lowest BCUT2D eigenvalue weighted by Gasteiger charge is -2.19. The van der Waals surface area contributed by atoms with E-state index in [-0.39, 0.29) is 11.9 Å². The van der Waals surface area contributed by atoms with Crippen molar-refractivity contribution in [3.8, 4) is 5.75 Å². The van der Waals surface area contributed by atoms with Crippen molar-refractivity contribution in [1.29, 1.82) is 0 Å². The number of carbonyl (C=O) groups is 1. The molecule has 0 radical (unpaired) electrons. The van der Waals surface area contributed by atoms with Crippen molar-refractivity contribution in [3.05, 3.63) is 53.6 Å². The Labute approximate surface area is 140 Å². The van der Waals surface area contributed by atoms with Gasteiger partial charge in [-0.25, -0.2) is 0 Å². The summed E-state index contributed by atoms with van der Waals surface area (Å²) in [4.78, 5) is 12.1. The standard InChI is InChI=1S/C16H17N3O2.CH3Cl/c1-21-11-7-5-10(6-8-11)14-9-18-16(20)12-3-2-4-13(17)15(12)19-14;1-2/h2-8,14,19H,9,17H2,1H3,(H,18,20);1H3. The maximum absolute atomic E-state index is 12.1. The minimum atomic E-state index is -0.110. The molecule has 1 unspecified atom stereocenters. The lowest BCUT2D eigenvalue weighted by atomic mass is 10.1. The summed E-state index contributed by atoms with van der Waals surface area (Å²) in [6.07, 6.45) is 1.47. The van der Waals surface area contributed by atoms with Crippen molar-refractivity contribution < 1.29 is 9.53 Å². The number of anilines is 2. The van der Waals surface area contributed by atoms with E-state index < -0.39 is 0 Å². The molecule has 0 aromatic heterocycles. The van der Waals surface area contributed by atoms with Gasteiger partial charge in [0.05, 0.1) is 30.1 Å².